The molecule has 8 heteroatoms. The fourth-order valence-electron chi connectivity index (χ4n) is 3.45. The zero-order valence-corrected chi connectivity index (χ0v) is 17.9. The van der Waals surface area contributed by atoms with Gasteiger partial charge in [-0.2, -0.15) is 0 Å². The van der Waals surface area contributed by atoms with Gasteiger partial charge in [-0.05, 0) is 55.8 Å². The van der Waals surface area contributed by atoms with E-state index in [0.29, 0.717) is 0 Å². The highest BCUT2D eigenvalue weighted by molar-refractivity contribution is 6.27. The first kappa shape index (κ1) is 22.8. The Morgan fingerprint density at radius 3 is 2.53 bits per heavy atom. The average molecular weight is 435 g/mol. The molecule has 8 nitrogen and oxygen atoms in total. The summed E-state index contributed by atoms with van der Waals surface area (Å²) in [5.41, 5.74) is 5.85. The second kappa shape index (κ2) is 10.4. The Kier molecular flexibility index (Phi) is 7.41. The van der Waals surface area contributed by atoms with E-state index in [1.165, 1.54) is 22.0 Å². The average Bonchev–Trinajstić information content (AvgIpc) is 3.11. The zero-order valence-electron chi connectivity index (χ0n) is 17.9. The number of aromatic nitrogens is 2. The maximum absolute atomic E-state index is 9.10. The lowest BCUT2D eigenvalue weighted by Crippen LogP contribution is -2.17. The van der Waals surface area contributed by atoms with Gasteiger partial charge in [-0.25, -0.2) is 9.59 Å². The SMILES string of the molecule is COc1ccc2[nH]c(C)c(CCNCc3ccc4ccccc4n3)c2c1.O=C(O)C(=O)O. The standard InChI is InChI=1S/C22H23N3O.C2H2O4/c1-15-19(20-13-18(26-2)9-10-22(20)24-15)11-12-23-14-17-8-7-16-5-3-4-6-21(16)25-17;3-1(4)2(5)6/h3-10,13,23-24H,11-12,14H2,1-2H3;(H,3,4)(H,5,6). The molecule has 4 N–H and O–H groups in total. The summed E-state index contributed by atoms with van der Waals surface area (Å²) in [6.07, 6.45) is 0.965. The molecule has 0 radical (unpaired) electrons. The fraction of sp³-hybridized carbons (Fsp3) is 0.208. The maximum atomic E-state index is 9.10. The van der Waals surface area contributed by atoms with E-state index < -0.39 is 11.9 Å². The van der Waals surface area contributed by atoms with Crippen molar-refractivity contribution in [3.63, 3.8) is 0 Å². The van der Waals surface area contributed by atoms with Crippen LogP contribution in [0, 0.1) is 6.92 Å². The van der Waals surface area contributed by atoms with Crippen molar-refractivity contribution in [1.29, 1.82) is 0 Å². The van der Waals surface area contributed by atoms with Crippen molar-refractivity contribution in [2.75, 3.05) is 13.7 Å². The largest absolute Gasteiger partial charge is 0.497 e. The number of benzene rings is 2. The van der Waals surface area contributed by atoms with Crippen molar-refractivity contribution >= 4 is 33.7 Å². The van der Waals surface area contributed by atoms with Gasteiger partial charge in [-0.3, -0.25) is 4.98 Å². The number of aliphatic carboxylic acids is 2. The number of methoxy groups -OCH3 is 1. The summed E-state index contributed by atoms with van der Waals surface area (Å²) in [5.74, 6) is -2.75. The zero-order chi connectivity index (χ0) is 23.1. The summed E-state index contributed by atoms with van der Waals surface area (Å²) >= 11 is 0. The first-order chi connectivity index (χ1) is 15.4. The number of H-pyrrole nitrogens is 1. The summed E-state index contributed by atoms with van der Waals surface area (Å²) in [6.45, 7) is 3.81. The minimum Gasteiger partial charge on any atom is -0.497 e. The van der Waals surface area contributed by atoms with Crippen LogP contribution >= 0.6 is 0 Å². The summed E-state index contributed by atoms with van der Waals surface area (Å²) in [6, 6.07) is 18.6. The van der Waals surface area contributed by atoms with Crippen LogP contribution in [0.5, 0.6) is 5.75 Å². The molecule has 2 heterocycles. The lowest BCUT2D eigenvalue weighted by Gasteiger charge is -2.07. The highest BCUT2D eigenvalue weighted by Gasteiger charge is 2.09. The van der Waals surface area contributed by atoms with Gasteiger partial charge in [0.25, 0.3) is 0 Å². The number of ether oxygens (including phenoxy) is 1. The van der Waals surface area contributed by atoms with Crippen LogP contribution < -0.4 is 10.1 Å². The molecule has 4 rings (SSSR count). The molecule has 0 bridgehead atoms. The van der Waals surface area contributed by atoms with Crippen molar-refractivity contribution in [2.24, 2.45) is 0 Å². The van der Waals surface area contributed by atoms with Gasteiger partial charge in [0.15, 0.2) is 0 Å². The van der Waals surface area contributed by atoms with E-state index in [-0.39, 0.29) is 0 Å². The lowest BCUT2D eigenvalue weighted by atomic mass is 10.1. The monoisotopic (exact) mass is 435 g/mol. The van der Waals surface area contributed by atoms with E-state index in [0.717, 1.165) is 42.0 Å². The van der Waals surface area contributed by atoms with Crippen LogP contribution in [0.2, 0.25) is 0 Å². The molecular weight excluding hydrogens is 410 g/mol. The molecule has 0 unspecified atom stereocenters. The number of carboxylic acids is 2. The number of nitrogens with zero attached hydrogens (tertiary/aromatic N) is 1. The molecule has 0 aliphatic heterocycles. The molecule has 0 saturated heterocycles. The number of pyridine rings is 1. The van der Waals surface area contributed by atoms with Crippen LogP contribution in [-0.2, 0) is 22.6 Å². The number of para-hydroxylation sites is 1. The molecule has 0 fully saturated rings. The second-order valence-electron chi connectivity index (χ2n) is 7.17. The third kappa shape index (κ3) is 5.61. The molecule has 0 atom stereocenters. The first-order valence-corrected chi connectivity index (χ1v) is 10.1. The molecule has 2 aromatic carbocycles. The smallest absolute Gasteiger partial charge is 0.414 e. The third-order valence-corrected chi connectivity index (χ3v) is 5.02. The first-order valence-electron chi connectivity index (χ1n) is 10.1. The summed E-state index contributed by atoms with van der Waals surface area (Å²) < 4.78 is 5.37. The minimum atomic E-state index is -1.82. The lowest BCUT2D eigenvalue weighted by molar-refractivity contribution is -0.159. The highest BCUT2D eigenvalue weighted by atomic mass is 16.5. The number of fused-ring (bicyclic) bond motifs is 2. The van der Waals surface area contributed by atoms with Crippen LogP contribution in [0.25, 0.3) is 21.8 Å². The van der Waals surface area contributed by atoms with Crippen LogP contribution in [-0.4, -0.2) is 45.8 Å². The van der Waals surface area contributed by atoms with Crippen LogP contribution in [0.15, 0.2) is 54.6 Å². The van der Waals surface area contributed by atoms with Crippen molar-refractivity contribution in [3.05, 3.63) is 71.5 Å². The quantitative estimate of drug-likeness (QED) is 0.270. The topological polar surface area (TPSA) is 125 Å². The fourth-order valence-corrected chi connectivity index (χ4v) is 3.45. The van der Waals surface area contributed by atoms with E-state index in [1.54, 1.807) is 7.11 Å². The van der Waals surface area contributed by atoms with Crippen molar-refractivity contribution in [2.45, 2.75) is 19.9 Å². The molecule has 0 aliphatic rings. The maximum Gasteiger partial charge on any atom is 0.414 e. The normalized spacial score (nSPS) is 10.6. The number of carboxylic acid groups (broad SMARTS) is 2. The molecular formula is C24H25N3O5. The Morgan fingerprint density at radius 1 is 1.06 bits per heavy atom. The highest BCUT2D eigenvalue weighted by Crippen LogP contribution is 2.26. The minimum absolute atomic E-state index is 0.773. The molecule has 0 amide bonds. The number of nitrogens with one attached hydrogen (secondary N) is 2. The number of aryl methyl sites for hydroxylation is 1. The Labute approximate surface area is 184 Å². The molecule has 0 saturated carbocycles. The van der Waals surface area contributed by atoms with E-state index in [9.17, 15) is 0 Å². The van der Waals surface area contributed by atoms with Crippen LogP contribution in [0.3, 0.4) is 0 Å². The van der Waals surface area contributed by atoms with Gasteiger partial charge in [0.2, 0.25) is 0 Å². The van der Waals surface area contributed by atoms with Crippen LogP contribution in [0.1, 0.15) is 17.0 Å². The van der Waals surface area contributed by atoms with Crippen molar-refractivity contribution in [1.82, 2.24) is 15.3 Å². The van der Waals surface area contributed by atoms with Gasteiger partial charge >= 0.3 is 11.9 Å². The number of carbonyl (C=O) groups is 2. The summed E-state index contributed by atoms with van der Waals surface area (Å²) in [5, 5.41) is 20.7. The van der Waals surface area contributed by atoms with Gasteiger partial charge in [0.05, 0.1) is 18.3 Å². The number of hydrogen-bond donors (Lipinski definition) is 4. The summed E-state index contributed by atoms with van der Waals surface area (Å²) in [4.78, 5) is 26.4. The molecule has 2 aromatic heterocycles. The third-order valence-electron chi connectivity index (χ3n) is 5.02. The van der Waals surface area contributed by atoms with Gasteiger partial charge < -0.3 is 25.3 Å². The molecule has 0 spiro atoms. The predicted molar refractivity (Wildman–Crippen MR) is 122 cm³/mol. The molecule has 0 aliphatic carbocycles. The number of aromatic amines is 1. The van der Waals surface area contributed by atoms with Gasteiger partial charge in [-0.15, -0.1) is 0 Å². The Bertz CT molecular complexity index is 1240. The Hall–Kier alpha value is -3.91. The Morgan fingerprint density at radius 2 is 1.81 bits per heavy atom. The van der Waals surface area contributed by atoms with Gasteiger partial charge in [-0.1, -0.05) is 24.3 Å². The number of hydrogen-bond acceptors (Lipinski definition) is 5. The second-order valence-corrected chi connectivity index (χ2v) is 7.17. The molecule has 166 valence electrons. The van der Waals surface area contributed by atoms with E-state index in [1.807, 2.05) is 18.2 Å². The van der Waals surface area contributed by atoms with Gasteiger partial charge in [0.1, 0.15) is 5.75 Å². The molecule has 4 aromatic rings. The van der Waals surface area contributed by atoms with E-state index >= 15 is 0 Å². The van der Waals surface area contributed by atoms with Crippen LogP contribution in [0.4, 0.5) is 0 Å². The Balaban J connectivity index is 0.000000427. The predicted octanol–water partition coefficient (Wildman–Crippen LogP) is 3.52. The van der Waals surface area contributed by atoms with E-state index in [4.69, 9.17) is 29.5 Å². The molecule has 32 heavy (non-hydrogen) atoms. The van der Waals surface area contributed by atoms with E-state index in [2.05, 4.69) is 53.6 Å². The van der Waals surface area contributed by atoms with Crippen molar-refractivity contribution < 1.29 is 24.5 Å². The van der Waals surface area contributed by atoms with Gasteiger partial charge in [0, 0.05) is 28.5 Å². The van der Waals surface area contributed by atoms with Crippen molar-refractivity contribution in [3.8, 4) is 5.75 Å². The number of rotatable bonds is 6. The summed E-state index contributed by atoms with van der Waals surface area (Å²) in [7, 11) is 1.71.